The van der Waals surface area contributed by atoms with E-state index in [-0.39, 0.29) is 5.91 Å². The maximum atomic E-state index is 13.0. The number of halogens is 3. The molecule has 12 heteroatoms. The van der Waals surface area contributed by atoms with E-state index >= 15 is 0 Å². The number of hydrogen-bond acceptors (Lipinski definition) is 7. The van der Waals surface area contributed by atoms with Gasteiger partial charge in [-0.25, -0.2) is 9.78 Å². The molecule has 4 rings (SSSR count). The maximum Gasteiger partial charge on any atom is 0.490 e. The third kappa shape index (κ3) is 5.74. The summed E-state index contributed by atoms with van der Waals surface area (Å²) in [4.78, 5) is 30.5. The van der Waals surface area contributed by atoms with Crippen molar-refractivity contribution in [2.75, 3.05) is 27.2 Å². The topological polar surface area (TPSA) is 113 Å². The van der Waals surface area contributed by atoms with Crippen molar-refractivity contribution in [2.45, 2.75) is 38.4 Å². The van der Waals surface area contributed by atoms with Gasteiger partial charge in [-0.15, -0.1) is 0 Å². The Labute approximate surface area is 193 Å². The molecule has 1 aliphatic heterocycles. The Morgan fingerprint density at radius 1 is 1.24 bits per heavy atom. The van der Waals surface area contributed by atoms with Gasteiger partial charge in [0.15, 0.2) is 11.5 Å². The average molecular weight is 482 g/mol. The molecule has 9 nitrogen and oxygen atoms in total. The van der Waals surface area contributed by atoms with Crippen LogP contribution in [0.3, 0.4) is 0 Å². The predicted molar refractivity (Wildman–Crippen MR) is 115 cm³/mol. The van der Waals surface area contributed by atoms with Crippen molar-refractivity contribution in [3.05, 3.63) is 35.9 Å². The van der Waals surface area contributed by atoms with Gasteiger partial charge in [-0.3, -0.25) is 4.79 Å². The van der Waals surface area contributed by atoms with Gasteiger partial charge in [0.05, 0.1) is 5.39 Å². The Hall–Kier alpha value is -3.41. The fraction of sp³-hybridized carbons (Fsp3) is 0.455. The third-order valence-corrected chi connectivity index (χ3v) is 5.54. The molecule has 1 aromatic carbocycles. The van der Waals surface area contributed by atoms with Crippen LogP contribution in [0.1, 0.15) is 36.0 Å². The Bertz CT molecular complexity index is 1150. The number of piperidine rings is 1. The molecule has 2 aromatic heterocycles. The molecule has 0 radical (unpaired) electrons. The zero-order valence-electron chi connectivity index (χ0n) is 18.9. The molecular formula is C22H25F3N4O5. The second kappa shape index (κ2) is 10.2. The van der Waals surface area contributed by atoms with E-state index in [0.29, 0.717) is 40.9 Å². The molecule has 0 aliphatic carbocycles. The van der Waals surface area contributed by atoms with Gasteiger partial charge in [-0.1, -0.05) is 12.1 Å². The van der Waals surface area contributed by atoms with E-state index in [2.05, 4.69) is 29.1 Å². The lowest BCUT2D eigenvalue weighted by molar-refractivity contribution is -0.192. The van der Waals surface area contributed by atoms with Crippen LogP contribution in [0.4, 0.5) is 13.2 Å². The van der Waals surface area contributed by atoms with E-state index in [1.54, 1.807) is 18.4 Å². The molecule has 34 heavy (non-hydrogen) atoms. The number of oxazole rings is 1. The van der Waals surface area contributed by atoms with Crippen molar-refractivity contribution in [1.82, 2.24) is 19.9 Å². The molecule has 1 N–H and O–H groups in total. The molecule has 1 saturated heterocycles. The molecular weight excluding hydrogens is 457 g/mol. The molecule has 1 fully saturated rings. The lowest BCUT2D eigenvalue weighted by atomic mass is 10.0. The number of hydrogen-bond donors (Lipinski definition) is 1. The van der Waals surface area contributed by atoms with Gasteiger partial charge in [-0.05, 0) is 45.1 Å². The van der Waals surface area contributed by atoms with Crippen LogP contribution in [0.25, 0.3) is 22.4 Å². The van der Waals surface area contributed by atoms with Crippen molar-refractivity contribution in [3.8, 4) is 11.4 Å². The van der Waals surface area contributed by atoms with Crippen LogP contribution < -0.4 is 0 Å². The smallest absolute Gasteiger partial charge is 0.475 e. The normalized spacial score (nSPS) is 14.9. The summed E-state index contributed by atoms with van der Waals surface area (Å²) in [7, 11) is 4.19. The van der Waals surface area contributed by atoms with Crippen LogP contribution in [0.5, 0.6) is 0 Å². The van der Waals surface area contributed by atoms with E-state index in [1.807, 2.05) is 17.9 Å². The number of aryl methyl sites for hydroxylation is 1. The first-order chi connectivity index (χ1) is 16.0. The van der Waals surface area contributed by atoms with Crippen molar-refractivity contribution in [3.63, 3.8) is 0 Å². The van der Waals surface area contributed by atoms with E-state index in [0.717, 1.165) is 31.3 Å². The van der Waals surface area contributed by atoms with Gasteiger partial charge in [0.1, 0.15) is 17.7 Å². The van der Waals surface area contributed by atoms with E-state index in [4.69, 9.17) is 18.8 Å². The number of benzene rings is 1. The summed E-state index contributed by atoms with van der Waals surface area (Å²) in [6.07, 6.45) is -0.796. The maximum absolute atomic E-state index is 13.0. The summed E-state index contributed by atoms with van der Waals surface area (Å²) < 4.78 is 42.6. The highest BCUT2D eigenvalue weighted by atomic mass is 19.4. The highest BCUT2D eigenvalue weighted by molar-refractivity contribution is 6.00. The first-order valence-corrected chi connectivity index (χ1v) is 10.6. The van der Waals surface area contributed by atoms with Crippen molar-refractivity contribution in [2.24, 2.45) is 0 Å². The molecule has 0 bridgehead atoms. The summed E-state index contributed by atoms with van der Waals surface area (Å²) >= 11 is 0. The summed E-state index contributed by atoms with van der Waals surface area (Å²) in [6, 6.07) is 5.99. The molecule has 184 valence electrons. The summed E-state index contributed by atoms with van der Waals surface area (Å²) in [6.45, 7) is 3.53. The first-order valence-electron chi connectivity index (χ1n) is 10.6. The Morgan fingerprint density at radius 2 is 1.88 bits per heavy atom. The molecule has 3 aromatic rings. The first kappa shape index (κ1) is 25.2. The van der Waals surface area contributed by atoms with Crippen LogP contribution in [-0.2, 0) is 11.2 Å². The second-order valence-electron chi connectivity index (χ2n) is 8.01. The lowest BCUT2D eigenvalue weighted by Gasteiger charge is -2.35. The number of aromatic nitrogens is 2. The summed E-state index contributed by atoms with van der Waals surface area (Å²) in [5.41, 5.74) is 2.51. The van der Waals surface area contributed by atoms with Crippen molar-refractivity contribution < 1.29 is 36.8 Å². The average Bonchev–Trinajstić information content (AvgIpc) is 3.44. The highest BCUT2D eigenvalue weighted by Crippen LogP contribution is 2.29. The van der Waals surface area contributed by atoms with Crippen LogP contribution in [-0.4, -0.2) is 76.3 Å². The number of carboxylic acids is 1. The monoisotopic (exact) mass is 482 g/mol. The van der Waals surface area contributed by atoms with Crippen LogP contribution >= 0.6 is 0 Å². The molecule has 0 atom stereocenters. The van der Waals surface area contributed by atoms with Gasteiger partial charge in [0.25, 0.3) is 5.91 Å². The van der Waals surface area contributed by atoms with Gasteiger partial charge in [0.2, 0.25) is 0 Å². The number of fused-ring (bicyclic) bond motifs is 1. The van der Waals surface area contributed by atoms with Crippen molar-refractivity contribution in [1.29, 1.82) is 0 Å². The Kier molecular flexibility index (Phi) is 7.60. The largest absolute Gasteiger partial charge is 0.490 e. The number of amides is 1. The summed E-state index contributed by atoms with van der Waals surface area (Å²) in [5.74, 6) is -2.06. The number of aliphatic carboxylic acids is 1. The predicted octanol–water partition coefficient (Wildman–Crippen LogP) is 3.84. The molecule has 0 saturated carbocycles. The van der Waals surface area contributed by atoms with Gasteiger partial charge < -0.3 is 23.8 Å². The van der Waals surface area contributed by atoms with Crippen LogP contribution in [0, 0.1) is 0 Å². The number of carbonyl (C=O) groups is 2. The number of alkyl halides is 3. The Balaban J connectivity index is 0.000000406. The molecule has 1 aliphatic rings. The minimum atomic E-state index is -5.08. The summed E-state index contributed by atoms with van der Waals surface area (Å²) in [5, 5.41) is 12.0. The van der Waals surface area contributed by atoms with E-state index in [9.17, 15) is 18.0 Å². The quantitative estimate of drug-likeness (QED) is 0.597. The third-order valence-electron chi connectivity index (χ3n) is 5.54. The van der Waals surface area contributed by atoms with Gasteiger partial charge in [-0.2, -0.15) is 13.2 Å². The van der Waals surface area contributed by atoms with Crippen LogP contribution in [0.15, 0.2) is 33.4 Å². The van der Waals surface area contributed by atoms with E-state index < -0.39 is 12.1 Å². The number of likely N-dealkylation sites (tertiary alicyclic amines) is 1. The SMILES string of the molecule is CCc1nc(-c2noc3ccc(C(=O)N4CCC(N(C)C)CC4)cc23)co1.O=C(O)C(F)(F)F. The number of carboxylic acid groups (broad SMARTS) is 1. The van der Waals surface area contributed by atoms with Gasteiger partial charge >= 0.3 is 12.1 Å². The minimum Gasteiger partial charge on any atom is -0.475 e. The lowest BCUT2D eigenvalue weighted by Crippen LogP contribution is -2.44. The molecule has 0 spiro atoms. The fourth-order valence-corrected chi connectivity index (χ4v) is 3.61. The fourth-order valence-electron chi connectivity index (χ4n) is 3.61. The number of nitrogens with zero attached hydrogens (tertiary/aromatic N) is 4. The Morgan fingerprint density at radius 3 is 2.41 bits per heavy atom. The molecule has 3 heterocycles. The number of rotatable bonds is 4. The zero-order chi connectivity index (χ0) is 25.0. The van der Waals surface area contributed by atoms with Gasteiger partial charge in [0, 0.05) is 31.1 Å². The zero-order valence-corrected chi connectivity index (χ0v) is 18.9. The standard InChI is InChI=1S/C20H24N4O3.C2HF3O2/c1-4-18-21-16(12-26-18)19-15-11-13(5-6-17(15)27-22-19)20(25)24-9-7-14(8-10-24)23(2)3;3-2(4,5)1(6)7/h5-6,11-12,14H,4,7-10H2,1-3H3;(H,6,7). The minimum absolute atomic E-state index is 0.0515. The van der Waals surface area contributed by atoms with Crippen LogP contribution in [0.2, 0.25) is 0 Å². The molecule has 0 unspecified atom stereocenters. The number of carbonyl (C=O) groups excluding carboxylic acids is 1. The molecule has 1 amide bonds. The highest BCUT2D eigenvalue weighted by Gasteiger charge is 2.38. The second-order valence-corrected chi connectivity index (χ2v) is 8.01. The van der Waals surface area contributed by atoms with Crippen molar-refractivity contribution >= 4 is 22.8 Å². The van der Waals surface area contributed by atoms with E-state index in [1.165, 1.54) is 0 Å².